The van der Waals surface area contributed by atoms with Crippen LogP contribution in [0.25, 0.3) is 0 Å². The van der Waals surface area contributed by atoms with Crippen molar-refractivity contribution in [1.82, 2.24) is 9.80 Å². The summed E-state index contributed by atoms with van der Waals surface area (Å²) >= 11 is 0. The van der Waals surface area contributed by atoms with Gasteiger partial charge in [0.1, 0.15) is 0 Å². The molecule has 2 saturated heterocycles. The minimum absolute atomic E-state index is 0.0365. The lowest BCUT2D eigenvalue weighted by Crippen LogP contribution is -2.41. The monoisotopic (exact) mass is 330 g/mol. The number of likely N-dealkylation sites (tertiary alicyclic amines) is 1. The molecular formula is C20H30N2O2. The Kier molecular flexibility index (Phi) is 5.26. The van der Waals surface area contributed by atoms with E-state index in [0.29, 0.717) is 24.9 Å². The predicted molar refractivity (Wildman–Crippen MR) is 95.7 cm³/mol. The number of carbonyl (C=O) groups excluding carboxylic acids is 1. The maximum Gasteiger partial charge on any atom is 0.223 e. The van der Waals surface area contributed by atoms with Crippen LogP contribution in [0.2, 0.25) is 0 Å². The predicted octanol–water partition coefficient (Wildman–Crippen LogP) is 2.70. The van der Waals surface area contributed by atoms with E-state index in [0.717, 1.165) is 39.3 Å². The van der Waals surface area contributed by atoms with Crippen molar-refractivity contribution in [3.8, 4) is 0 Å². The van der Waals surface area contributed by atoms with E-state index in [4.69, 9.17) is 4.74 Å². The van der Waals surface area contributed by atoms with E-state index in [1.54, 1.807) is 0 Å². The summed E-state index contributed by atoms with van der Waals surface area (Å²) in [6.45, 7) is 12.5. The molecule has 1 spiro atoms. The highest BCUT2D eigenvalue weighted by molar-refractivity contribution is 5.79. The summed E-state index contributed by atoms with van der Waals surface area (Å²) in [5, 5.41) is 0. The zero-order chi connectivity index (χ0) is 17.2. The van der Waals surface area contributed by atoms with Crippen molar-refractivity contribution in [3.63, 3.8) is 0 Å². The van der Waals surface area contributed by atoms with Crippen molar-refractivity contribution >= 4 is 5.91 Å². The highest BCUT2D eigenvalue weighted by Crippen LogP contribution is 2.35. The zero-order valence-electron chi connectivity index (χ0n) is 15.3. The average molecular weight is 330 g/mol. The summed E-state index contributed by atoms with van der Waals surface area (Å²) in [6, 6.07) is 8.57. The molecule has 0 aliphatic carbocycles. The number of hydrogen-bond acceptors (Lipinski definition) is 3. The van der Waals surface area contributed by atoms with Crippen LogP contribution in [0.1, 0.15) is 31.4 Å². The fraction of sp³-hybridized carbons (Fsp3) is 0.650. The van der Waals surface area contributed by atoms with Gasteiger partial charge in [-0.2, -0.15) is 0 Å². The van der Waals surface area contributed by atoms with Crippen molar-refractivity contribution in [2.24, 2.45) is 11.3 Å². The standard InChI is InChI=1S/C20H30N2O2/c1-16(2)11-22-14-20(10-19(22)23)13-21(8-9-24-15-20)12-18-7-5-4-6-17(18)3/h4-7,16H,8-15H2,1-3H3/t20-/m0/s1. The molecule has 0 bridgehead atoms. The molecule has 0 N–H and O–H groups in total. The van der Waals surface area contributed by atoms with Crippen LogP contribution in [0, 0.1) is 18.3 Å². The number of ether oxygens (including phenoxy) is 1. The van der Waals surface area contributed by atoms with Gasteiger partial charge in [-0.3, -0.25) is 9.69 Å². The largest absolute Gasteiger partial charge is 0.379 e. The Hall–Kier alpha value is -1.39. The number of aryl methyl sites for hydroxylation is 1. The van der Waals surface area contributed by atoms with Crippen molar-refractivity contribution in [2.45, 2.75) is 33.7 Å². The van der Waals surface area contributed by atoms with Gasteiger partial charge in [0.2, 0.25) is 5.91 Å². The van der Waals surface area contributed by atoms with Gasteiger partial charge in [0.25, 0.3) is 0 Å². The molecule has 24 heavy (non-hydrogen) atoms. The van der Waals surface area contributed by atoms with Crippen LogP contribution in [0.4, 0.5) is 0 Å². The first-order valence-electron chi connectivity index (χ1n) is 9.10. The fourth-order valence-electron chi connectivity index (χ4n) is 4.04. The van der Waals surface area contributed by atoms with Gasteiger partial charge in [0.15, 0.2) is 0 Å². The minimum Gasteiger partial charge on any atom is -0.379 e. The molecule has 2 heterocycles. The lowest BCUT2D eigenvalue weighted by Gasteiger charge is -2.32. The topological polar surface area (TPSA) is 32.8 Å². The van der Waals surface area contributed by atoms with Crippen LogP contribution >= 0.6 is 0 Å². The first-order valence-corrected chi connectivity index (χ1v) is 9.10. The maximum absolute atomic E-state index is 12.5. The van der Waals surface area contributed by atoms with Gasteiger partial charge in [-0.1, -0.05) is 38.1 Å². The van der Waals surface area contributed by atoms with Crippen LogP contribution in [0.15, 0.2) is 24.3 Å². The fourth-order valence-corrected chi connectivity index (χ4v) is 4.04. The molecule has 132 valence electrons. The summed E-state index contributed by atoms with van der Waals surface area (Å²) in [4.78, 5) is 17.0. The van der Waals surface area contributed by atoms with E-state index in [1.807, 2.05) is 4.90 Å². The molecule has 2 fully saturated rings. The summed E-state index contributed by atoms with van der Waals surface area (Å²) < 4.78 is 5.91. The van der Waals surface area contributed by atoms with Gasteiger partial charge in [0, 0.05) is 44.6 Å². The Balaban J connectivity index is 1.71. The quantitative estimate of drug-likeness (QED) is 0.851. The van der Waals surface area contributed by atoms with E-state index in [2.05, 4.69) is 49.9 Å². The molecule has 4 heteroatoms. The van der Waals surface area contributed by atoms with E-state index in [1.165, 1.54) is 11.1 Å². The van der Waals surface area contributed by atoms with Gasteiger partial charge in [0.05, 0.1) is 13.2 Å². The third-order valence-corrected chi connectivity index (χ3v) is 5.17. The summed E-state index contributed by atoms with van der Waals surface area (Å²) in [5.74, 6) is 0.809. The third kappa shape index (κ3) is 3.98. The molecule has 2 aliphatic rings. The molecule has 0 aromatic heterocycles. The van der Waals surface area contributed by atoms with Crippen molar-refractivity contribution in [2.75, 3.05) is 39.4 Å². The molecule has 0 radical (unpaired) electrons. The minimum atomic E-state index is -0.0365. The lowest BCUT2D eigenvalue weighted by atomic mass is 9.87. The number of rotatable bonds is 4. The molecule has 3 rings (SSSR count). The number of hydrogen-bond donors (Lipinski definition) is 0. The van der Waals surface area contributed by atoms with Crippen LogP contribution in [0.3, 0.4) is 0 Å². The molecule has 1 aromatic rings. The highest BCUT2D eigenvalue weighted by Gasteiger charge is 2.45. The molecule has 0 unspecified atom stereocenters. The van der Waals surface area contributed by atoms with Gasteiger partial charge in [-0.15, -0.1) is 0 Å². The van der Waals surface area contributed by atoms with E-state index >= 15 is 0 Å². The summed E-state index contributed by atoms with van der Waals surface area (Å²) in [6.07, 6.45) is 0.629. The highest BCUT2D eigenvalue weighted by atomic mass is 16.5. The molecule has 4 nitrogen and oxygen atoms in total. The van der Waals surface area contributed by atoms with E-state index in [-0.39, 0.29) is 5.41 Å². The molecular weight excluding hydrogens is 300 g/mol. The van der Waals surface area contributed by atoms with Crippen molar-refractivity contribution in [3.05, 3.63) is 35.4 Å². The van der Waals surface area contributed by atoms with Crippen molar-refractivity contribution in [1.29, 1.82) is 0 Å². The number of carbonyl (C=O) groups is 1. The number of benzene rings is 1. The average Bonchev–Trinajstić information content (AvgIpc) is 2.68. The third-order valence-electron chi connectivity index (χ3n) is 5.17. The number of nitrogens with zero attached hydrogens (tertiary/aromatic N) is 2. The SMILES string of the molecule is Cc1ccccc1CN1CCOC[C@@]2(CC(=O)N(CC(C)C)C2)C1. The Morgan fingerprint density at radius 2 is 2.04 bits per heavy atom. The first kappa shape index (κ1) is 17.4. The summed E-state index contributed by atoms with van der Waals surface area (Å²) in [7, 11) is 0. The van der Waals surface area contributed by atoms with Crippen LogP contribution in [0.5, 0.6) is 0 Å². The molecule has 1 atom stereocenters. The Morgan fingerprint density at radius 1 is 1.25 bits per heavy atom. The van der Waals surface area contributed by atoms with Crippen molar-refractivity contribution < 1.29 is 9.53 Å². The molecule has 1 aromatic carbocycles. The lowest BCUT2D eigenvalue weighted by molar-refractivity contribution is -0.128. The molecule has 2 aliphatic heterocycles. The van der Waals surface area contributed by atoms with Gasteiger partial charge >= 0.3 is 0 Å². The zero-order valence-corrected chi connectivity index (χ0v) is 15.3. The van der Waals surface area contributed by atoms with Crippen LogP contribution in [-0.2, 0) is 16.1 Å². The van der Waals surface area contributed by atoms with Gasteiger partial charge in [-0.05, 0) is 24.0 Å². The number of amides is 1. The van der Waals surface area contributed by atoms with Crippen LogP contribution < -0.4 is 0 Å². The van der Waals surface area contributed by atoms with E-state index in [9.17, 15) is 4.79 Å². The second-order valence-electron chi connectivity index (χ2n) is 8.03. The Bertz CT molecular complexity index is 587. The Labute approximate surface area is 145 Å². The maximum atomic E-state index is 12.5. The second-order valence-corrected chi connectivity index (χ2v) is 8.03. The summed E-state index contributed by atoms with van der Waals surface area (Å²) in [5.41, 5.74) is 2.67. The van der Waals surface area contributed by atoms with Gasteiger partial charge < -0.3 is 9.64 Å². The van der Waals surface area contributed by atoms with Crippen LogP contribution in [-0.4, -0.2) is 55.1 Å². The Morgan fingerprint density at radius 3 is 2.79 bits per heavy atom. The molecule has 1 amide bonds. The first-order chi connectivity index (χ1) is 11.5. The van der Waals surface area contributed by atoms with Gasteiger partial charge in [-0.25, -0.2) is 0 Å². The van der Waals surface area contributed by atoms with E-state index < -0.39 is 0 Å². The molecule has 0 saturated carbocycles. The second kappa shape index (κ2) is 7.24. The smallest absolute Gasteiger partial charge is 0.223 e. The normalized spacial score (nSPS) is 25.7.